The molecule has 21 heavy (non-hydrogen) atoms. The summed E-state index contributed by atoms with van der Waals surface area (Å²) in [6.07, 6.45) is 0. The van der Waals surface area contributed by atoms with Crippen LogP contribution >= 0.6 is 0 Å². The molecule has 0 aliphatic rings. The summed E-state index contributed by atoms with van der Waals surface area (Å²) in [4.78, 5) is 12.2. The van der Waals surface area contributed by atoms with Crippen LogP contribution in [0.1, 0.15) is 20.8 Å². The van der Waals surface area contributed by atoms with Gasteiger partial charge in [-0.15, -0.1) is 0 Å². The Morgan fingerprint density at radius 2 is 2.05 bits per heavy atom. The smallest absolute Gasteiger partial charge is 0.387 e. The van der Waals surface area contributed by atoms with E-state index in [0.29, 0.717) is 12.3 Å². The fraction of sp³-hybridized carbons (Fsp3) is 0.500. The molecule has 0 saturated heterocycles. The monoisotopic (exact) mass is 302 g/mol. The minimum atomic E-state index is -2.98. The lowest BCUT2D eigenvalue weighted by atomic mass is 10.0. The SMILES string of the molecule is CCNC(C)(C)C(=O)Nc1cc(OC)ccc1OC(F)F. The van der Waals surface area contributed by atoms with E-state index < -0.39 is 12.2 Å². The van der Waals surface area contributed by atoms with Crippen molar-refractivity contribution < 1.29 is 23.0 Å². The van der Waals surface area contributed by atoms with E-state index in [1.807, 2.05) is 6.92 Å². The number of likely N-dealkylation sites (N-methyl/N-ethyl adjacent to an activating group) is 1. The minimum Gasteiger partial charge on any atom is -0.497 e. The number of nitrogens with one attached hydrogen (secondary N) is 2. The number of carbonyl (C=O) groups excluding carboxylic acids is 1. The number of amides is 1. The zero-order valence-electron chi connectivity index (χ0n) is 12.5. The van der Waals surface area contributed by atoms with Gasteiger partial charge in [0.2, 0.25) is 5.91 Å². The third-order valence-corrected chi connectivity index (χ3v) is 2.84. The van der Waals surface area contributed by atoms with Gasteiger partial charge in [-0.25, -0.2) is 0 Å². The quantitative estimate of drug-likeness (QED) is 0.813. The molecule has 0 radical (unpaired) electrons. The first-order valence-corrected chi connectivity index (χ1v) is 6.49. The Morgan fingerprint density at radius 3 is 2.57 bits per heavy atom. The highest BCUT2D eigenvalue weighted by molar-refractivity contribution is 5.98. The van der Waals surface area contributed by atoms with Crippen LogP contribution in [0.25, 0.3) is 0 Å². The molecule has 1 amide bonds. The number of halogens is 2. The van der Waals surface area contributed by atoms with Gasteiger partial charge < -0.3 is 20.1 Å². The maximum Gasteiger partial charge on any atom is 0.387 e. The van der Waals surface area contributed by atoms with Gasteiger partial charge in [-0.1, -0.05) is 6.92 Å². The summed E-state index contributed by atoms with van der Waals surface area (Å²) in [6.45, 7) is 2.88. The zero-order valence-corrected chi connectivity index (χ0v) is 12.5. The van der Waals surface area contributed by atoms with Crippen LogP contribution < -0.4 is 20.1 Å². The predicted molar refractivity (Wildman–Crippen MR) is 76.0 cm³/mol. The van der Waals surface area contributed by atoms with Gasteiger partial charge in [-0.3, -0.25) is 4.79 Å². The Bertz CT molecular complexity index is 493. The van der Waals surface area contributed by atoms with Crippen LogP contribution in [0.15, 0.2) is 18.2 Å². The Kier molecular flexibility index (Phi) is 5.90. The first-order chi connectivity index (χ1) is 9.80. The second-order valence-corrected chi connectivity index (χ2v) is 4.85. The van der Waals surface area contributed by atoms with E-state index in [1.54, 1.807) is 13.8 Å². The number of carbonyl (C=O) groups is 1. The number of hydrogen-bond acceptors (Lipinski definition) is 4. The number of ether oxygens (including phenoxy) is 2. The largest absolute Gasteiger partial charge is 0.497 e. The average Bonchev–Trinajstić information content (AvgIpc) is 2.40. The van der Waals surface area contributed by atoms with Crippen molar-refractivity contribution in [1.82, 2.24) is 5.32 Å². The summed E-state index contributed by atoms with van der Waals surface area (Å²) < 4.78 is 34.2. The Balaban J connectivity index is 3.01. The lowest BCUT2D eigenvalue weighted by Gasteiger charge is -2.25. The highest BCUT2D eigenvalue weighted by Gasteiger charge is 2.27. The standard InChI is InChI=1S/C14H20F2N2O3/c1-5-17-14(2,3)12(19)18-10-8-9(20-4)6-7-11(10)21-13(15)16/h6-8,13,17H,5H2,1-4H3,(H,18,19). The fourth-order valence-corrected chi connectivity index (χ4v) is 1.73. The molecule has 7 heteroatoms. The molecule has 0 spiro atoms. The van der Waals surface area contributed by atoms with Gasteiger partial charge in [-0.05, 0) is 32.5 Å². The van der Waals surface area contributed by atoms with Crippen LogP contribution in [0.2, 0.25) is 0 Å². The van der Waals surface area contributed by atoms with Gasteiger partial charge in [0.1, 0.15) is 11.5 Å². The molecule has 1 rings (SSSR count). The Hall–Kier alpha value is -1.89. The molecule has 1 aromatic rings. The van der Waals surface area contributed by atoms with Gasteiger partial charge >= 0.3 is 6.61 Å². The van der Waals surface area contributed by atoms with Crippen molar-refractivity contribution in [3.8, 4) is 11.5 Å². The van der Waals surface area contributed by atoms with Crippen LogP contribution in [0.3, 0.4) is 0 Å². The molecule has 0 aliphatic carbocycles. The molecule has 0 atom stereocenters. The van der Waals surface area contributed by atoms with E-state index in [1.165, 1.54) is 25.3 Å². The molecule has 2 N–H and O–H groups in total. The van der Waals surface area contributed by atoms with Crippen LogP contribution in [0.4, 0.5) is 14.5 Å². The topological polar surface area (TPSA) is 59.6 Å². The van der Waals surface area contributed by atoms with E-state index in [-0.39, 0.29) is 17.3 Å². The van der Waals surface area contributed by atoms with E-state index >= 15 is 0 Å². The van der Waals surface area contributed by atoms with Crippen molar-refractivity contribution in [2.24, 2.45) is 0 Å². The van der Waals surface area contributed by atoms with E-state index in [4.69, 9.17) is 4.74 Å². The van der Waals surface area contributed by atoms with Crippen LogP contribution in [-0.4, -0.2) is 31.7 Å². The van der Waals surface area contributed by atoms with E-state index in [9.17, 15) is 13.6 Å². The number of hydrogen-bond donors (Lipinski definition) is 2. The molecule has 5 nitrogen and oxygen atoms in total. The highest BCUT2D eigenvalue weighted by atomic mass is 19.3. The molecule has 0 saturated carbocycles. The lowest BCUT2D eigenvalue weighted by molar-refractivity contribution is -0.121. The second-order valence-electron chi connectivity index (χ2n) is 4.85. The maximum absolute atomic E-state index is 12.4. The summed E-state index contributed by atoms with van der Waals surface area (Å²) in [5, 5.41) is 5.57. The van der Waals surface area contributed by atoms with Crippen molar-refractivity contribution in [2.75, 3.05) is 19.0 Å². The molecular weight excluding hydrogens is 282 g/mol. The first kappa shape index (κ1) is 17.2. The minimum absolute atomic E-state index is 0.119. The summed E-state index contributed by atoms with van der Waals surface area (Å²) in [5.74, 6) is -0.0589. The summed E-state index contributed by atoms with van der Waals surface area (Å²) in [5.41, 5.74) is -0.717. The van der Waals surface area contributed by atoms with Crippen molar-refractivity contribution in [2.45, 2.75) is 32.9 Å². The molecule has 0 fully saturated rings. The van der Waals surface area contributed by atoms with Crippen molar-refractivity contribution >= 4 is 11.6 Å². The van der Waals surface area contributed by atoms with Gasteiger partial charge in [0.15, 0.2) is 0 Å². The Labute approximate surface area is 122 Å². The molecule has 0 aromatic heterocycles. The third-order valence-electron chi connectivity index (χ3n) is 2.84. The highest BCUT2D eigenvalue weighted by Crippen LogP contribution is 2.31. The Morgan fingerprint density at radius 1 is 1.38 bits per heavy atom. The number of anilines is 1. The molecule has 0 bridgehead atoms. The van der Waals surface area contributed by atoms with Crippen LogP contribution in [0, 0.1) is 0 Å². The molecule has 0 unspecified atom stereocenters. The number of methoxy groups -OCH3 is 1. The van der Waals surface area contributed by atoms with Gasteiger partial charge in [0.05, 0.1) is 18.3 Å². The van der Waals surface area contributed by atoms with Gasteiger partial charge in [0.25, 0.3) is 0 Å². The molecule has 1 aromatic carbocycles. The summed E-state index contributed by atoms with van der Waals surface area (Å²) in [7, 11) is 1.44. The van der Waals surface area contributed by atoms with Crippen molar-refractivity contribution in [3.05, 3.63) is 18.2 Å². The normalized spacial score (nSPS) is 11.4. The molecule has 0 heterocycles. The average molecular weight is 302 g/mol. The van der Waals surface area contributed by atoms with Gasteiger partial charge in [0, 0.05) is 6.07 Å². The summed E-state index contributed by atoms with van der Waals surface area (Å²) >= 11 is 0. The van der Waals surface area contributed by atoms with Crippen LogP contribution in [0.5, 0.6) is 11.5 Å². The molecular formula is C14H20F2N2O3. The third kappa shape index (κ3) is 4.86. The van der Waals surface area contributed by atoms with Crippen LogP contribution in [-0.2, 0) is 4.79 Å². The van der Waals surface area contributed by atoms with E-state index in [0.717, 1.165) is 0 Å². The zero-order chi connectivity index (χ0) is 16.0. The number of alkyl halides is 2. The second kappa shape index (κ2) is 7.21. The number of benzene rings is 1. The predicted octanol–water partition coefficient (Wildman–Crippen LogP) is 2.62. The van der Waals surface area contributed by atoms with E-state index in [2.05, 4.69) is 15.4 Å². The summed E-state index contributed by atoms with van der Waals surface area (Å²) in [6, 6.07) is 4.22. The first-order valence-electron chi connectivity index (χ1n) is 6.49. The molecule has 0 aliphatic heterocycles. The van der Waals surface area contributed by atoms with Crippen molar-refractivity contribution in [3.63, 3.8) is 0 Å². The van der Waals surface area contributed by atoms with Gasteiger partial charge in [-0.2, -0.15) is 8.78 Å². The number of rotatable bonds is 7. The fourth-order valence-electron chi connectivity index (χ4n) is 1.73. The molecule has 118 valence electrons. The van der Waals surface area contributed by atoms with Crippen molar-refractivity contribution in [1.29, 1.82) is 0 Å². The lowest BCUT2D eigenvalue weighted by Crippen LogP contribution is -2.49. The maximum atomic E-state index is 12.4.